The van der Waals surface area contributed by atoms with Crippen LogP contribution in [0.25, 0.3) is 10.9 Å². The van der Waals surface area contributed by atoms with E-state index < -0.39 is 4.92 Å². The summed E-state index contributed by atoms with van der Waals surface area (Å²) in [5.74, 6) is 1.20. The largest absolute Gasteiger partial charge is 0.493 e. The number of carbonyl (C=O) groups excluding carboxylic acids is 1. The molecule has 1 aliphatic rings. The van der Waals surface area contributed by atoms with E-state index in [2.05, 4.69) is 4.98 Å². The van der Waals surface area contributed by atoms with Gasteiger partial charge in [0.15, 0.2) is 11.5 Å². The van der Waals surface area contributed by atoms with Crippen molar-refractivity contribution in [3.8, 4) is 17.2 Å². The summed E-state index contributed by atoms with van der Waals surface area (Å²) in [4.78, 5) is 28.8. The number of aromatic nitrogens is 1. The van der Waals surface area contributed by atoms with Crippen LogP contribution in [-0.4, -0.2) is 47.9 Å². The molecule has 0 saturated carbocycles. The van der Waals surface area contributed by atoms with Crippen molar-refractivity contribution in [1.29, 1.82) is 0 Å². The predicted molar refractivity (Wildman–Crippen MR) is 114 cm³/mol. The molecule has 0 fully saturated rings. The van der Waals surface area contributed by atoms with Crippen LogP contribution in [0.5, 0.6) is 17.2 Å². The molecule has 1 N–H and O–H groups in total. The molecule has 2 heterocycles. The molecule has 2 aromatic carbocycles. The predicted octanol–water partition coefficient (Wildman–Crippen LogP) is 4.04. The van der Waals surface area contributed by atoms with Crippen LogP contribution in [0.1, 0.15) is 27.7 Å². The maximum Gasteiger partial charge on any atom is 0.271 e. The summed E-state index contributed by atoms with van der Waals surface area (Å²) in [6.07, 6.45) is 0. The Bertz CT molecular complexity index is 1190. The molecule has 0 aliphatic carbocycles. The number of hydrogen-bond acceptors (Lipinski definition) is 6. The number of amides is 1. The van der Waals surface area contributed by atoms with Gasteiger partial charge in [0.25, 0.3) is 11.6 Å². The van der Waals surface area contributed by atoms with Gasteiger partial charge in [-0.2, -0.15) is 0 Å². The Hall–Kier alpha value is -3.46. The van der Waals surface area contributed by atoms with Crippen LogP contribution in [0.4, 0.5) is 5.69 Å². The minimum atomic E-state index is -0.453. The number of carbonyl (C=O) groups is 1. The number of alkyl halides is 1. The fraction of sp³-hybridized carbons (Fsp3) is 0.286. The number of halogens is 1. The Balaban J connectivity index is 1.74. The quantitative estimate of drug-likeness (QED) is 0.348. The third-order valence-corrected chi connectivity index (χ3v) is 5.76. The van der Waals surface area contributed by atoms with Crippen molar-refractivity contribution < 1.29 is 23.9 Å². The van der Waals surface area contributed by atoms with Crippen LogP contribution in [0, 0.1) is 10.1 Å². The molecule has 1 aromatic heterocycles. The maximum atomic E-state index is 13.4. The number of H-pyrrole nitrogens is 1. The van der Waals surface area contributed by atoms with Gasteiger partial charge in [-0.15, -0.1) is 11.6 Å². The lowest BCUT2D eigenvalue weighted by Gasteiger charge is -2.22. The van der Waals surface area contributed by atoms with Crippen LogP contribution >= 0.6 is 11.6 Å². The summed E-state index contributed by atoms with van der Waals surface area (Å²) in [7, 11) is 4.53. The van der Waals surface area contributed by atoms with Gasteiger partial charge in [-0.3, -0.25) is 14.9 Å². The summed E-state index contributed by atoms with van der Waals surface area (Å²) < 4.78 is 16.3. The van der Waals surface area contributed by atoms with E-state index in [-0.39, 0.29) is 30.1 Å². The number of aromatic amines is 1. The zero-order valence-corrected chi connectivity index (χ0v) is 17.9. The summed E-state index contributed by atoms with van der Waals surface area (Å²) in [5.41, 5.74) is 2.44. The van der Waals surface area contributed by atoms with Gasteiger partial charge in [0.2, 0.25) is 5.75 Å². The van der Waals surface area contributed by atoms with Gasteiger partial charge in [-0.1, -0.05) is 0 Å². The summed E-state index contributed by atoms with van der Waals surface area (Å²) >= 11 is 6.18. The Morgan fingerprint density at radius 3 is 2.55 bits per heavy atom. The number of hydrogen-bond donors (Lipinski definition) is 1. The smallest absolute Gasteiger partial charge is 0.271 e. The highest BCUT2D eigenvalue weighted by atomic mass is 35.5. The Labute approximate surface area is 182 Å². The van der Waals surface area contributed by atoms with Gasteiger partial charge in [0, 0.05) is 29.9 Å². The number of rotatable bonds is 6. The highest BCUT2D eigenvalue weighted by molar-refractivity contribution is 6.18. The molecule has 9 nitrogen and oxygen atoms in total. The Kier molecular flexibility index (Phi) is 5.36. The molecule has 162 valence electrons. The van der Waals surface area contributed by atoms with Crippen molar-refractivity contribution in [2.75, 3.05) is 27.2 Å². The van der Waals surface area contributed by atoms with Crippen molar-refractivity contribution in [1.82, 2.24) is 9.88 Å². The van der Waals surface area contributed by atoms with Crippen LogP contribution in [0.2, 0.25) is 0 Å². The topological polar surface area (TPSA) is 107 Å². The molecule has 1 aliphatic heterocycles. The molecular formula is C21H20ClN3O6. The third-order valence-electron chi connectivity index (χ3n) is 5.47. The molecule has 4 rings (SSSR count). The normalized spacial score (nSPS) is 15.1. The summed E-state index contributed by atoms with van der Waals surface area (Å²) in [5, 5.41) is 11.8. The summed E-state index contributed by atoms with van der Waals surface area (Å²) in [6, 6.07) is 7.66. The Morgan fingerprint density at radius 2 is 1.94 bits per heavy atom. The maximum absolute atomic E-state index is 13.4. The zero-order valence-electron chi connectivity index (χ0n) is 17.1. The lowest BCUT2D eigenvalue weighted by atomic mass is 10.1. The van der Waals surface area contributed by atoms with E-state index >= 15 is 0 Å². The second-order valence-corrected chi connectivity index (χ2v) is 7.34. The second-order valence-electron chi connectivity index (χ2n) is 7.04. The van der Waals surface area contributed by atoms with Crippen molar-refractivity contribution in [2.24, 2.45) is 0 Å². The lowest BCUT2D eigenvalue weighted by Crippen LogP contribution is -2.30. The number of methoxy groups -OCH3 is 3. The molecule has 3 aromatic rings. The van der Waals surface area contributed by atoms with Crippen molar-refractivity contribution in [2.45, 2.75) is 12.6 Å². The van der Waals surface area contributed by atoms with Gasteiger partial charge in [0.05, 0.1) is 37.8 Å². The number of ether oxygens (including phenoxy) is 3. The average molecular weight is 446 g/mol. The zero-order chi connectivity index (χ0) is 22.3. The first-order valence-electron chi connectivity index (χ1n) is 9.39. The molecule has 0 radical (unpaired) electrons. The van der Waals surface area contributed by atoms with E-state index in [9.17, 15) is 14.9 Å². The van der Waals surface area contributed by atoms with Crippen LogP contribution in [0.15, 0.2) is 30.3 Å². The number of non-ortho nitro benzene ring substituents is 1. The first-order chi connectivity index (χ1) is 14.9. The van der Waals surface area contributed by atoms with Crippen LogP contribution in [-0.2, 0) is 6.54 Å². The minimum Gasteiger partial charge on any atom is -0.493 e. The fourth-order valence-corrected chi connectivity index (χ4v) is 4.36. The van der Waals surface area contributed by atoms with E-state index in [1.807, 2.05) is 0 Å². The average Bonchev–Trinajstić information content (AvgIpc) is 3.37. The van der Waals surface area contributed by atoms with Crippen molar-refractivity contribution >= 4 is 34.1 Å². The van der Waals surface area contributed by atoms with E-state index in [1.165, 1.54) is 33.5 Å². The van der Waals surface area contributed by atoms with E-state index in [0.717, 1.165) is 5.56 Å². The van der Waals surface area contributed by atoms with Crippen molar-refractivity contribution in [3.05, 3.63) is 57.3 Å². The first kappa shape index (κ1) is 20.8. The van der Waals surface area contributed by atoms with Gasteiger partial charge in [0.1, 0.15) is 5.69 Å². The standard InChI is InChI=1S/C21H20ClN3O6/c1-29-17-8-11-7-15(23-18(11)20(31-3)19(17)30-2)21(26)24-10-12-6-13(25(27)28)4-5-14(12)16(24)9-22/h4-8,16,23H,9-10H2,1-3H3. The third kappa shape index (κ3) is 3.31. The number of nitro groups is 1. The van der Waals surface area contributed by atoms with E-state index in [1.54, 1.807) is 23.1 Å². The number of nitrogens with one attached hydrogen (secondary N) is 1. The number of nitrogens with zero attached hydrogens (tertiary/aromatic N) is 2. The highest BCUT2D eigenvalue weighted by Gasteiger charge is 2.35. The molecule has 0 bridgehead atoms. The van der Waals surface area contributed by atoms with E-state index in [4.69, 9.17) is 25.8 Å². The van der Waals surface area contributed by atoms with Gasteiger partial charge < -0.3 is 24.1 Å². The van der Waals surface area contributed by atoms with Gasteiger partial charge >= 0.3 is 0 Å². The first-order valence-corrected chi connectivity index (χ1v) is 9.92. The molecule has 0 saturated heterocycles. The molecule has 1 unspecified atom stereocenters. The molecular weight excluding hydrogens is 426 g/mol. The van der Waals surface area contributed by atoms with Crippen LogP contribution < -0.4 is 14.2 Å². The van der Waals surface area contributed by atoms with Gasteiger partial charge in [-0.05, 0) is 29.3 Å². The molecule has 0 spiro atoms. The molecule has 1 atom stereocenters. The van der Waals surface area contributed by atoms with Gasteiger partial charge in [-0.25, -0.2) is 0 Å². The van der Waals surface area contributed by atoms with E-state index in [0.29, 0.717) is 39.4 Å². The second kappa shape index (κ2) is 7.99. The number of benzene rings is 2. The Morgan fingerprint density at radius 1 is 1.19 bits per heavy atom. The summed E-state index contributed by atoms with van der Waals surface area (Å²) in [6.45, 7) is 0.229. The molecule has 1 amide bonds. The molecule has 10 heteroatoms. The number of fused-ring (bicyclic) bond motifs is 2. The SMILES string of the molecule is COc1cc2cc(C(=O)N3Cc4cc([N+](=O)[O-])ccc4C3CCl)[nH]c2c(OC)c1OC. The van der Waals surface area contributed by atoms with Crippen molar-refractivity contribution in [3.63, 3.8) is 0 Å². The lowest BCUT2D eigenvalue weighted by molar-refractivity contribution is -0.384. The molecule has 31 heavy (non-hydrogen) atoms. The monoisotopic (exact) mass is 445 g/mol. The van der Waals surface area contributed by atoms with Crippen LogP contribution in [0.3, 0.4) is 0 Å². The minimum absolute atomic E-state index is 0.0177. The number of nitro benzene ring substituents is 1. The fourth-order valence-electron chi connectivity index (χ4n) is 4.02. The highest BCUT2D eigenvalue weighted by Crippen LogP contribution is 2.44.